The van der Waals surface area contributed by atoms with Crippen molar-refractivity contribution in [2.45, 2.75) is 25.9 Å². The molecule has 4 rings (SSSR count). The summed E-state index contributed by atoms with van der Waals surface area (Å²) in [5.41, 5.74) is 3.13. The summed E-state index contributed by atoms with van der Waals surface area (Å²) in [5, 5.41) is 11.0. The van der Waals surface area contributed by atoms with Crippen molar-refractivity contribution in [2.75, 3.05) is 0 Å². The summed E-state index contributed by atoms with van der Waals surface area (Å²) >= 11 is 0. The standard InChI is InChI=1S/C21H17F3N4O/c1-12(2)13-3-5-14(6-4-13)17-11-18(27-26-17)20-25-19(28-29-20)15-7-9-16(10-8-15)21(22,23)24/h3-12H,1-2H3,(H,26,27). The van der Waals surface area contributed by atoms with Gasteiger partial charge in [0, 0.05) is 11.1 Å². The molecule has 29 heavy (non-hydrogen) atoms. The van der Waals surface area contributed by atoms with E-state index in [9.17, 15) is 13.2 Å². The van der Waals surface area contributed by atoms with E-state index in [1.54, 1.807) is 6.07 Å². The smallest absolute Gasteiger partial charge is 0.332 e. The second-order valence-corrected chi connectivity index (χ2v) is 6.94. The van der Waals surface area contributed by atoms with E-state index in [0.717, 1.165) is 23.4 Å². The fraction of sp³-hybridized carbons (Fsp3) is 0.190. The summed E-state index contributed by atoms with van der Waals surface area (Å²) in [6, 6.07) is 14.5. The van der Waals surface area contributed by atoms with Crippen LogP contribution in [0.2, 0.25) is 0 Å². The lowest BCUT2D eigenvalue weighted by Crippen LogP contribution is -2.04. The lowest BCUT2D eigenvalue weighted by atomic mass is 10.0. The van der Waals surface area contributed by atoms with Gasteiger partial charge in [-0.2, -0.15) is 23.3 Å². The zero-order chi connectivity index (χ0) is 20.6. The van der Waals surface area contributed by atoms with Gasteiger partial charge in [0.2, 0.25) is 5.82 Å². The third-order valence-electron chi connectivity index (χ3n) is 4.58. The van der Waals surface area contributed by atoms with Crippen LogP contribution in [-0.4, -0.2) is 20.3 Å². The third-order valence-corrected chi connectivity index (χ3v) is 4.58. The fourth-order valence-electron chi connectivity index (χ4n) is 2.88. The maximum Gasteiger partial charge on any atom is 0.416 e. The van der Waals surface area contributed by atoms with Crippen LogP contribution in [0.4, 0.5) is 13.2 Å². The zero-order valence-electron chi connectivity index (χ0n) is 15.7. The molecule has 4 aromatic rings. The first kappa shape index (κ1) is 18.9. The third kappa shape index (κ3) is 3.91. The Hall–Kier alpha value is -3.42. The molecule has 0 saturated heterocycles. The van der Waals surface area contributed by atoms with Gasteiger partial charge in [-0.3, -0.25) is 5.10 Å². The highest BCUT2D eigenvalue weighted by molar-refractivity contribution is 5.65. The molecule has 8 heteroatoms. The Morgan fingerprint density at radius 3 is 2.21 bits per heavy atom. The Balaban J connectivity index is 1.56. The highest BCUT2D eigenvalue weighted by Gasteiger charge is 2.30. The van der Waals surface area contributed by atoms with Crippen LogP contribution in [0.25, 0.3) is 34.2 Å². The van der Waals surface area contributed by atoms with Crippen molar-refractivity contribution in [3.05, 3.63) is 65.7 Å². The van der Waals surface area contributed by atoms with E-state index < -0.39 is 11.7 Å². The van der Waals surface area contributed by atoms with E-state index in [2.05, 4.69) is 46.3 Å². The normalized spacial score (nSPS) is 11.9. The maximum atomic E-state index is 12.7. The van der Waals surface area contributed by atoms with Crippen LogP contribution in [0.3, 0.4) is 0 Å². The summed E-state index contributed by atoms with van der Waals surface area (Å²) in [6.45, 7) is 4.26. The lowest BCUT2D eigenvalue weighted by Gasteiger charge is -2.05. The van der Waals surface area contributed by atoms with Gasteiger partial charge in [0.25, 0.3) is 5.89 Å². The van der Waals surface area contributed by atoms with Crippen LogP contribution in [0.15, 0.2) is 59.1 Å². The zero-order valence-corrected chi connectivity index (χ0v) is 15.7. The summed E-state index contributed by atoms with van der Waals surface area (Å²) in [6.07, 6.45) is -4.39. The van der Waals surface area contributed by atoms with Crippen molar-refractivity contribution in [1.29, 1.82) is 0 Å². The first-order valence-corrected chi connectivity index (χ1v) is 8.99. The second-order valence-electron chi connectivity index (χ2n) is 6.94. The van der Waals surface area contributed by atoms with Crippen molar-refractivity contribution in [3.63, 3.8) is 0 Å². The number of nitrogens with one attached hydrogen (secondary N) is 1. The number of alkyl halides is 3. The number of benzene rings is 2. The molecule has 0 unspecified atom stereocenters. The molecular formula is C21H17F3N4O. The minimum absolute atomic E-state index is 0.200. The van der Waals surface area contributed by atoms with Gasteiger partial charge in [-0.25, -0.2) is 0 Å². The second kappa shape index (κ2) is 7.20. The molecule has 0 aliphatic carbocycles. The average Bonchev–Trinajstić information content (AvgIpc) is 3.37. The predicted octanol–water partition coefficient (Wildman–Crippen LogP) is 5.94. The van der Waals surface area contributed by atoms with Crippen LogP contribution < -0.4 is 0 Å². The van der Waals surface area contributed by atoms with Crippen LogP contribution in [0, 0.1) is 0 Å². The summed E-state index contributed by atoms with van der Waals surface area (Å²) in [4.78, 5) is 4.26. The quantitative estimate of drug-likeness (QED) is 0.462. The number of hydrogen-bond acceptors (Lipinski definition) is 4. The number of halogens is 3. The molecule has 0 radical (unpaired) electrons. The number of hydrogen-bond donors (Lipinski definition) is 1. The Morgan fingerprint density at radius 2 is 1.59 bits per heavy atom. The van der Waals surface area contributed by atoms with E-state index in [1.807, 2.05) is 12.1 Å². The largest absolute Gasteiger partial charge is 0.416 e. The molecule has 0 bridgehead atoms. The molecule has 0 amide bonds. The molecule has 1 N–H and O–H groups in total. The molecule has 0 aliphatic heterocycles. The summed E-state index contributed by atoms with van der Waals surface area (Å²) < 4.78 is 43.3. The minimum Gasteiger partial charge on any atom is -0.332 e. The molecular weight excluding hydrogens is 381 g/mol. The molecule has 5 nitrogen and oxygen atoms in total. The Kier molecular flexibility index (Phi) is 4.70. The molecule has 0 aliphatic rings. The van der Waals surface area contributed by atoms with Crippen LogP contribution in [0.5, 0.6) is 0 Å². The molecule has 0 spiro atoms. The summed E-state index contributed by atoms with van der Waals surface area (Å²) in [5.74, 6) is 0.851. The van der Waals surface area contributed by atoms with Crippen LogP contribution in [0.1, 0.15) is 30.9 Å². The van der Waals surface area contributed by atoms with Gasteiger partial charge in [-0.1, -0.05) is 55.4 Å². The van der Waals surface area contributed by atoms with Crippen LogP contribution >= 0.6 is 0 Å². The van der Waals surface area contributed by atoms with Crippen molar-refractivity contribution in [2.24, 2.45) is 0 Å². The van der Waals surface area contributed by atoms with Crippen molar-refractivity contribution >= 4 is 0 Å². The number of aromatic nitrogens is 4. The first-order valence-electron chi connectivity index (χ1n) is 8.99. The van der Waals surface area contributed by atoms with E-state index >= 15 is 0 Å². The van der Waals surface area contributed by atoms with Gasteiger partial charge in [0.05, 0.1) is 11.3 Å². The van der Waals surface area contributed by atoms with Gasteiger partial charge in [0.15, 0.2) is 0 Å². The average molecular weight is 398 g/mol. The predicted molar refractivity (Wildman–Crippen MR) is 102 cm³/mol. The van der Waals surface area contributed by atoms with Gasteiger partial charge < -0.3 is 4.52 Å². The van der Waals surface area contributed by atoms with E-state index in [0.29, 0.717) is 17.2 Å². The minimum atomic E-state index is -4.39. The lowest BCUT2D eigenvalue weighted by molar-refractivity contribution is -0.137. The number of aromatic amines is 1. The Labute approximate surface area is 164 Å². The maximum absolute atomic E-state index is 12.7. The first-order chi connectivity index (χ1) is 13.8. The fourth-order valence-corrected chi connectivity index (χ4v) is 2.88. The van der Waals surface area contributed by atoms with Crippen molar-refractivity contribution in [3.8, 4) is 34.2 Å². The molecule has 0 atom stereocenters. The Bertz CT molecular complexity index is 1110. The van der Waals surface area contributed by atoms with Gasteiger partial charge in [0.1, 0.15) is 5.69 Å². The molecule has 2 heterocycles. The number of nitrogens with zero attached hydrogens (tertiary/aromatic N) is 3. The van der Waals surface area contributed by atoms with E-state index in [-0.39, 0.29) is 11.7 Å². The van der Waals surface area contributed by atoms with Crippen molar-refractivity contribution < 1.29 is 17.7 Å². The summed E-state index contributed by atoms with van der Waals surface area (Å²) in [7, 11) is 0. The van der Waals surface area contributed by atoms with Crippen molar-refractivity contribution in [1.82, 2.24) is 20.3 Å². The van der Waals surface area contributed by atoms with Gasteiger partial charge in [-0.05, 0) is 29.7 Å². The SMILES string of the molecule is CC(C)c1ccc(-c2cc(-c3nc(-c4ccc(C(F)(F)F)cc4)no3)[nH]n2)cc1. The topological polar surface area (TPSA) is 67.6 Å². The molecule has 2 aromatic carbocycles. The number of H-pyrrole nitrogens is 1. The number of rotatable bonds is 4. The van der Waals surface area contributed by atoms with E-state index in [1.165, 1.54) is 17.7 Å². The highest BCUT2D eigenvalue weighted by Crippen LogP contribution is 2.31. The molecule has 2 aromatic heterocycles. The van der Waals surface area contributed by atoms with E-state index in [4.69, 9.17) is 4.52 Å². The molecule has 148 valence electrons. The van der Waals surface area contributed by atoms with Crippen LogP contribution in [-0.2, 0) is 6.18 Å². The Morgan fingerprint density at radius 1 is 0.931 bits per heavy atom. The van der Waals surface area contributed by atoms with Gasteiger partial charge in [-0.15, -0.1) is 0 Å². The molecule has 0 saturated carbocycles. The monoisotopic (exact) mass is 398 g/mol. The molecule has 0 fully saturated rings. The highest BCUT2D eigenvalue weighted by atomic mass is 19.4. The van der Waals surface area contributed by atoms with Gasteiger partial charge >= 0.3 is 6.18 Å².